The van der Waals surface area contributed by atoms with Crippen LogP contribution in [0.4, 0.5) is 4.79 Å². The van der Waals surface area contributed by atoms with Crippen molar-refractivity contribution >= 4 is 12.1 Å². The van der Waals surface area contributed by atoms with Gasteiger partial charge in [0.2, 0.25) is 0 Å². The highest BCUT2D eigenvalue weighted by Gasteiger charge is 2.26. The molecule has 1 amide bonds. The molecule has 0 atom stereocenters. The first kappa shape index (κ1) is 20.1. The number of nitrogens with zero attached hydrogens (tertiary/aromatic N) is 3. The van der Waals surface area contributed by atoms with Crippen LogP contribution in [0, 0.1) is 18.3 Å². The summed E-state index contributed by atoms with van der Waals surface area (Å²) in [4.78, 5) is 20.5. The summed E-state index contributed by atoms with van der Waals surface area (Å²) in [6, 6.07) is 0. The highest BCUT2D eigenvalue weighted by Crippen LogP contribution is 2.20. The van der Waals surface area contributed by atoms with E-state index in [1.807, 2.05) is 27.7 Å². The number of rotatable bonds is 4. The molecule has 0 saturated carbocycles. The third-order valence-electron chi connectivity index (χ3n) is 3.99. The van der Waals surface area contributed by atoms with E-state index in [0.29, 0.717) is 19.0 Å². The molecule has 1 heterocycles. The summed E-state index contributed by atoms with van der Waals surface area (Å²) in [5.41, 5.74) is -0.455. The molecule has 6 heteroatoms. The molecule has 1 N–H and O–H groups in total. The summed E-state index contributed by atoms with van der Waals surface area (Å²) in [6.45, 7) is 11.4. The highest BCUT2D eigenvalue weighted by molar-refractivity contribution is 5.80. The van der Waals surface area contributed by atoms with Crippen LogP contribution in [0.2, 0.25) is 0 Å². The largest absolute Gasteiger partial charge is 0.444 e. The van der Waals surface area contributed by atoms with E-state index in [4.69, 9.17) is 11.2 Å². The van der Waals surface area contributed by atoms with E-state index in [0.717, 1.165) is 38.4 Å². The van der Waals surface area contributed by atoms with Crippen LogP contribution in [-0.4, -0.2) is 67.2 Å². The first-order chi connectivity index (χ1) is 11.3. The van der Waals surface area contributed by atoms with Gasteiger partial charge in [-0.2, -0.15) is 0 Å². The fourth-order valence-electron chi connectivity index (χ4n) is 2.76. The maximum atomic E-state index is 12.2. The molecule has 0 aromatic carbocycles. The standard InChI is InChI=1S/C18H32N4O2/c1-7-11-20-16(19-6)22-12-9-15(10-13-22)14-21(8-2)17(23)24-18(3,4)5/h1,15H,8-14H2,2-6H3,(H,19,20). The van der Waals surface area contributed by atoms with Gasteiger partial charge in [0, 0.05) is 33.2 Å². The summed E-state index contributed by atoms with van der Waals surface area (Å²) in [5.74, 6) is 3.91. The van der Waals surface area contributed by atoms with Gasteiger partial charge in [-0.1, -0.05) is 5.92 Å². The Balaban J connectivity index is 2.49. The highest BCUT2D eigenvalue weighted by atomic mass is 16.6. The molecule has 0 radical (unpaired) electrons. The van der Waals surface area contributed by atoms with Gasteiger partial charge in [-0.05, 0) is 46.5 Å². The van der Waals surface area contributed by atoms with Crippen molar-refractivity contribution in [1.82, 2.24) is 15.1 Å². The summed E-state index contributed by atoms with van der Waals surface area (Å²) in [7, 11) is 1.77. The molecule has 0 unspecified atom stereocenters. The summed E-state index contributed by atoms with van der Waals surface area (Å²) in [6.07, 6.45) is 7.11. The normalized spacial score (nSPS) is 16.5. The minimum absolute atomic E-state index is 0.223. The average molecular weight is 336 g/mol. The molecule has 1 fully saturated rings. The van der Waals surface area contributed by atoms with Gasteiger partial charge < -0.3 is 19.9 Å². The summed E-state index contributed by atoms with van der Waals surface area (Å²) in [5, 5.41) is 3.15. The van der Waals surface area contributed by atoms with E-state index in [9.17, 15) is 4.79 Å². The van der Waals surface area contributed by atoms with Crippen molar-refractivity contribution < 1.29 is 9.53 Å². The minimum Gasteiger partial charge on any atom is -0.444 e. The molecule has 0 aromatic rings. The predicted molar refractivity (Wildman–Crippen MR) is 98.0 cm³/mol. The fourth-order valence-corrected chi connectivity index (χ4v) is 2.76. The van der Waals surface area contributed by atoms with Crippen LogP contribution in [-0.2, 0) is 4.74 Å². The molecule has 0 aromatic heterocycles. The van der Waals surface area contributed by atoms with E-state index < -0.39 is 5.60 Å². The number of nitrogens with one attached hydrogen (secondary N) is 1. The van der Waals surface area contributed by atoms with Gasteiger partial charge in [-0.25, -0.2) is 4.79 Å². The van der Waals surface area contributed by atoms with Gasteiger partial charge >= 0.3 is 6.09 Å². The lowest BCUT2D eigenvalue weighted by molar-refractivity contribution is 0.0214. The molecule has 1 saturated heterocycles. The van der Waals surface area contributed by atoms with Gasteiger partial charge in [0.1, 0.15) is 5.60 Å². The van der Waals surface area contributed by atoms with Crippen molar-refractivity contribution in [2.45, 2.75) is 46.1 Å². The quantitative estimate of drug-likeness (QED) is 0.486. The maximum absolute atomic E-state index is 12.2. The second-order valence-corrected chi connectivity index (χ2v) is 7.05. The number of terminal acetylenes is 1. The number of carbonyl (C=O) groups is 1. The monoisotopic (exact) mass is 336 g/mol. The third kappa shape index (κ3) is 6.69. The number of guanidine groups is 1. The Morgan fingerprint density at radius 3 is 2.50 bits per heavy atom. The number of hydrogen-bond acceptors (Lipinski definition) is 3. The molecule has 1 aliphatic rings. The Bertz CT molecular complexity index is 468. The Morgan fingerprint density at radius 1 is 1.42 bits per heavy atom. The molecule has 1 rings (SSSR count). The molecule has 0 spiro atoms. The lowest BCUT2D eigenvalue weighted by Gasteiger charge is -2.36. The Labute approximate surface area is 146 Å². The van der Waals surface area contributed by atoms with Crippen molar-refractivity contribution in [3.05, 3.63) is 0 Å². The van der Waals surface area contributed by atoms with Crippen LogP contribution in [0.1, 0.15) is 40.5 Å². The fraction of sp³-hybridized carbons (Fsp3) is 0.778. The number of carbonyl (C=O) groups excluding carboxylic acids is 1. The van der Waals surface area contributed by atoms with E-state index >= 15 is 0 Å². The van der Waals surface area contributed by atoms with Crippen LogP contribution in [0.15, 0.2) is 4.99 Å². The minimum atomic E-state index is -0.455. The SMILES string of the molecule is C#CCNC(=NC)N1CCC(CN(CC)C(=O)OC(C)(C)C)CC1. The molecule has 24 heavy (non-hydrogen) atoms. The van der Waals surface area contributed by atoms with Crippen molar-refractivity contribution in [2.75, 3.05) is 39.8 Å². The first-order valence-corrected chi connectivity index (χ1v) is 8.67. The lowest BCUT2D eigenvalue weighted by Crippen LogP contribution is -2.47. The summed E-state index contributed by atoms with van der Waals surface area (Å²) < 4.78 is 5.48. The molecular weight excluding hydrogens is 304 g/mol. The second kappa shape index (κ2) is 9.41. The lowest BCUT2D eigenvalue weighted by atomic mass is 9.96. The van der Waals surface area contributed by atoms with E-state index in [2.05, 4.69) is 21.1 Å². The van der Waals surface area contributed by atoms with Crippen LogP contribution in [0.5, 0.6) is 0 Å². The van der Waals surface area contributed by atoms with Crippen LogP contribution in [0.3, 0.4) is 0 Å². The zero-order chi connectivity index (χ0) is 18.2. The number of aliphatic imine (C=N–C) groups is 1. The molecule has 136 valence electrons. The topological polar surface area (TPSA) is 57.2 Å². The van der Waals surface area contributed by atoms with Gasteiger partial charge in [0.05, 0.1) is 6.54 Å². The zero-order valence-corrected chi connectivity index (χ0v) is 15.8. The van der Waals surface area contributed by atoms with Gasteiger partial charge in [0.25, 0.3) is 0 Å². The van der Waals surface area contributed by atoms with Gasteiger partial charge in [-0.15, -0.1) is 6.42 Å². The number of amides is 1. The van der Waals surface area contributed by atoms with Crippen molar-refractivity contribution in [3.8, 4) is 12.3 Å². The smallest absolute Gasteiger partial charge is 0.410 e. The van der Waals surface area contributed by atoms with Gasteiger partial charge in [0.15, 0.2) is 5.96 Å². The summed E-state index contributed by atoms with van der Waals surface area (Å²) >= 11 is 0. The Kier molecular flexibility index (Phi) is 7.90. The zero-order valence-electron chi connectivity index (χ0n) is 15.8. The van der Waals surface area contributed by atoms with Gasteiger partial charge in [-0.3, -0.25) is 4.99 Å². The van der Waals surface area contributed by atoms with Crippen molar-refractivity contribution in [3.63, 3.8) is 0 Å². The number of piperidine rings is 1. The Morgan fingerprint density at radius 2 is 2.04 bits per heavy atom. The van der Waals surface area contributed by atoms with Crippen LogP contribution >= 0.6 is 0 Å². The van der Waals surface area contributed by atoms with E-state index in [1.165, 1.54) is 0 Å². The molecule has 1 aliphatic heterocycles. The van der Waals surface area contributed by atoms with Crippen molar-refractivity contribution in [2.24, 2.45) is 10.9 Å². The van der Waals surface area contributed by atoms with E-state index in [-0.39, 0.29) is 6.09 Å². The molecule has 6 nitrogen and oxygen atoms in total. The number of hydrogen-bond donors (Lipinski definition) is 1. The van der Waals surface area contributed by atoms with Crippen LogP contribution in [0.25, 0.3) is 0 Å². The second-order valence-electron chi connectivity index (χ2n) is 7.05. The maximum Gasteiger partial charge on any atom is 0.410 e. The molecular formula is C18H32N4O2. The first-order valence-electron chi connectivity index (χ1n) is 8.67. The molecule has 0 aliphatic carbocycles. The van der Waals surface area contributed by atoms with E-state index in [1.54, 1.807) is 11.9 Å². The third-order valence-corrected chi connectivity index (χ3v) is 3.99. The number of ether oxygens (including phenoxy) is 1. The predicted octanol–water partition coefficient (Wildman–Crippen LogP) is 2.16. The average Bonchev–Trinajstić information content (AvgIpc) is 2.52. The Hall–Kier alpha value is -1.90. The van der Waals surface area contributed by atoms with Crippen LogP contribution < -0.4 is 5.32 Å². The number of likely N-dealkylation sites (tertiary alicyclic amines) is 1. The van der Waals surface area contributed by atoms with Crippen molar-refractivity contribution in [1.29, 1.82) is 0 Å². The molecule has 0 bridgehead atoms.